The van der Waals surface area contributed by atoms with Gasteiger partial charge in [-0.2, -0.15) is 0 Å². The fraction of sp³-hybridized carbons (Fsp3) is 0.429. The zero-order valence-electron chi connectivity index (χ0n) is 8.04. The van der Waals surface area contributed by atoms with E-state index >= 15 is 0 Å². The minimum Gasteiger partial charge on any atom is -0.258 e. The summed E-state index contributed by atoms with van der Waals surface area (Å²) in [5, 5.41) is 9.88. The van der Waals surface area contributed by atoms with Crippen LogP contribution in [0.15, 0.2) is 17.6 Å². The van der Waals surface area contributed by atoms with E-state index in [1.54, 1.807) is 0 Å². The van der Waals surface area contributed by atoms with Crippen LogP contribution in [0.3, 0.4) is 0 Å². The van der Waals surface area contributed by atoms with Crippen LogP contribution in [0.25, 0.3) is 0 Å². The van der Waals surface area contributed by atoms with E-state index in [4.69, 9.17) is 11.6 Å². The minimum absolute atomic E-state index is 0.172. The first-order chi connectivity index (χ1) is 7.47. The second-order valence-corrected chi connectivity index (χ2v) is 5.22. The summed E-state index contributed by atoms with van der Waals surface area (Å²) in [4.78, 5) is 16.5. The molecular weight excluding hydrogens is 258 g/mol. The lowest BCUT2D eigenvalue weighted by atomic mass is 10.6. The van der Waals surface area contributed by atoms with E-state index in [0.29, 0.717) is 0 Å². The monoisotopic (exact) mass is 265 g/mol. The highest BCUT2D eigenvalue weighted by atomic mass is 35.5. The first kappa shape index (κ1) is 12.8. The largest absolute Gasteiger partial charge is 0.305 e. The zero-order chi connectivity index (χ0) is 12.2. The number of rotatable bonds is 5. The summed E-state index contributed by atoms with van der Waals surface area (Å²) in [7, 11) is -3.59. The van der Waals surface area contributed by atoms with Gasteiger partial charge in [0.15, 0.2) is 0 Å². The van der Waals surface area contributed by atoms with Crippen molar-refractivity contribution in [3.8, 4) is 0 Å². The molecule has 1 aromatic heterocycles. The number of sulfone groups is 1. The highest BCUT2D eigenvalue weighted by Crippen LogP contribution is 2.10. The van der Waals surface area contributed by atoms with Crippen molar-refractivity contribution < 1.29 is 13.3 Å². The zero-order valence-corrected chi connectivity index (χ0v) is 9.61. The molecule has 0 saturated heterocycles. The van der Waals surface area contributed by atoms with Crippen molar-refractivity contribution in [2.45, 2.75) is 11.6 Å². The standard InChI is InChI=1S/C7H8ClN3O4S/c8-2-1-3-16(14,15)7-9-4-6(5-10-7)11(12)13/h4-5H,1-3H2. The van der Waals surface area contributed by atoms with Crippen LogP contribution in [0.4, 0.5) is 5.69 Å². The molecule has 0 atom stereocenters. The molecule has 0 radical (unpaired) electrons. The first-order valence-electron chi connectivity index (χ1n) is 4.22. The van der Waals surface area contributed by atoms with Crippen LogP contribution in [0.1, 0.15) is 6.42 Å². The highest BCUT2D eigenvalue weighted by molar-refractivity contribution is 7.91. The summed E-state index contributed by atoms with van der Waals surface area (Å²) in [6, 6.07) is 0. The molecule has 0 N–H and O–H groups in total. The average molecular weight is 266 g/mol. The van der Waals surface area contributed by atoms with Gasteiger partial charge < -0.3 is 0 Å². The van der Waals surface area contributed by atoms with Gasteiger partial charge in [0.25, 0.3) is 0 Å². The topological polar surface area (TPSA) is 103 Å². The number of halogens is 1. The lowest BCUT2D eigenvalue weighted by Crippen LogP contribution is -2.11. The second-order valence-electron chi connectivity index (χ2n) is 2.84. The lowest BCUT2D eigenvalue weighted by molar-refractivity contribution is -0.385. The maximum atomic E-state index is 11.5. The number of nitro groups is 1. The summed E-state index contributed by atoms with van der Waals surface area (Å²) < 4.78 is 23.0. The van der Waals surface area contributed by atoms with Crippen molar-refractivity contribution in [3.63, 3.8) is 0 Å². The summed E-state index contributed by atoms with van der Waals surface area (Å²) >= 11 is 5.37. The smallest absolute Gasteiger partial charge is 0.258 e. The molecule has 0 bridgehead atoms. The van der Waals surface area contributed by atoms with Gasteiger partial charge in [-0.25, -0.2) is 18.4 Å². The minimum atomic E-state index is -3.59. The Hall–Kier alpha value is -1.28. The number of aromatic nitrogens is 2. The Labute approximate surface area is 96.5 Å². The van der Waals surface area contributed by atoms with E-state index in [0.717, 1.165) is 12.4 Å². The van der Waals surface area contributed by atoms with Crippen molar-refractivity contribution >= 4 is 27.1 Å². The van der Waals surface area contributed by atoms with Gasteiger partial charge in [0, 0.05) is 5.88 Å². The maximum absolute atomic E-state index is 11.5. The molecule has 0 spiro atoms. The average Bonchev–Trinajstić information content (AvgIpc) is 2.26. The third-order valence-electron chi connectivity index (χ3n) is 1.65. The Balaban J connectivity index is 2.93. The van der Waals surface area contributed by atoms with Gasteiger partial charge in [0.05, 0.1) is 10.7 Å². The van der Waals surface area contributed by atoms with E-state index in [1.807, 2.05) is 0 Å². The fourth-order valence-electron chi connectivity index (χ4n) is 0.900. The van der Waals surface area contributed by atoms with Crippen LogP contribution >= 0.6 is 11.6 Å². The third-order valence-corrected chi connectivity index (χ3v) is 3.51. The number of hydrogen-bond acceptors (Lipinski definition) is 6. The molecule has 0 aliphatic rings. The van der Waals surface area contributed by atoms with Crippen LogP contribution in [0.5, 0.6) is 0 Å². The first-order valence-corrected chi connectivity index (χ1v) is 6.41. The Bertz CT molecular complexity index is 473. The summed E-state index contributed by atoms with van der Waals surface area (Å²) in [6.07, 6.45) is 2.01. The lowest BCUT2D eigenvalue weighted by Gasteiger charge is -2.00. The van der Waals surface area contributed by atoms with E-state index in [-0.39, 0.29) is 23.7 Å². The third kappa shape index (κ3) is 3.11. The van der Waals surface area contributed by atoms with Gasteiger partial charge in [-0.3, -0.25) is 10.1 Å². The van der Waals surface area contributed by atoms with Gasteiger partial charge >= 0.3 is 5.69 Å². The van der Waals surface area contributed by atoms with E-state index in [1.165, 1.54) is 0 Å². The molecule has 0 aromatic carbocycles. The Morgan fingerprint density at radius 1 is 1.38 bits per heavy atom. The Morgan fingerprint density at radius 3 is 2.38 bits per heavy atom. The molecule has 0 fully saturated rings. The van der Waals surface area contributed by atoms with Crippen LogP contribution in [-0.4, -0.2) is 34.9 Å². The molecular formula is C7H8ClN3O4S. The second kappa shape index (κ2) is 5.17. The molecule has 7 nitrogen and oxygen atoms in total. The SMILES string of the molecule is O=[N+]([O-])c1cnc(S(=O)(=O)CCCCl)nc1. The Morgan fingerprint density at radius 2 is 1.94 bits per heavy atom. The quantitative estimate of drug-likeness (QED) is 0.337. The highest BCUT2D eigenvalue weighted by Gasteiger charge is 2.18. The summed E-state index contributed by atoms with van der Waals surface area (Å²) in [5.74, 6) is 0.0422. The number of alkyl halides is 1. The van der Waals surface area contributed by atoms with Crippen molar-refractivity contribution in [3.05, 3.63) is 22.5 Å². The predicted octanol–water partition coefficient (Wildman–Crippen LogP) is 0.787. The van der Waals surface area contributed by atoms with E-state index in [2.05, 4.69) is 9.97 Å². The molecule has 0 aliphatic heterocycles. The molecule has 1 rings (SSSR count). The summed E-state index contributed by atoms with van der Waals surface area (Å²) in [5.41, 5.74) is -0.351. The molecule has 0 unspecified atom stereocenters. The molecule has 9 heteroatoms. The molecule has 16 heavy (non-hydrogen) atoms. The van der Waals surface area contributed by atoms with Gasteiger partial charge in [0.2, 0.25) is 15.0 Å². The van der Waals surface area contributed by atoms with Gasteiger partial charge in [-0.1, -0.05) is 0 Å². The molecule has 88 valence electrons. The summed E-state index contributed by atoms with van der Waals surface area (Å²) in [6.45, 7) is 0. The van der Waals surface area contributed by atoms with Crippen molar-refractivity contribution in [2.75, 3.05) is 11.6 Å². The number of nitrogens with zero attached hydrogens (tertiary/aromatic N) is 3. The van der Waals surface area contributed by atoms with Crippen LogP contribution in [0, 0.1) is 10.1 Å². The molecule has 0 amide bonds. The van der Waals surface area contributed by atoms with Gasteiger partial charge in [0.1, 0.15) is 12.4 Å². The molecule has 0 aliphatic carbocycles. The fourth-order valence-corrected chi connectivity index (χ4v) is 2.33. The van der Waals surface area contributed by atoms with Crippen molar-refractivity contribution in [1.82, 2.24) is 9.97 Å². The predicted molar refractivity (Wildman–Crippen MR) is 56.1 cm³/mol. The van der Waals surface area contributed by atoms with Crippen LogP contribution in [-0.2, 0) is 9.84 Å². The molecule has 1 aromatic rings. The Kier molecular flexibility index (Phi) is 4.13. The van der Waals surface area contributed by atoms with Crippen molar-refractivity contribution in [2.24, 2.45) is 0 Å². The number of hydrogen-bond donors (Lipinski definition) is 0. The molecule has 0 saturated carbocycles. The van der Waals surface area contributed by atoms with E-state index in [9.17, 15) is 18.5 Å². The maximum Gasteiger partial charge on any atom is 0.305 e. The molecule has 1 heterocycles. The van der Waals surface area contributed by atoms with Crippen molar-refractivity contribution in [1.29, 1.82) is 0 Å². The van der Waals surface area contributed by atoms with E-state index < -0.39 is 19.9 Å². The van der Waals surface area contributed by atoms with Gasteiger partial charge in [-0.15, -0.1) is 11.6 Å². The van der Waals surface area contributed by atoms with Gasteiger partial charge in [-0.05, 0) is 6.42 Å². The normalized spacial score (nSPS) is 11.3. The van der Waals surface area contributed by atoms with Crippen LogP contribution in [0.2, 0.25) is 0 Å². The van der Waals surface area contributed by atoms with Crippen LogP contribution < -0.4 is 0 Å².